The average Bonchev–Trinajstić information content (AvgIpc) is 2.73. The molecule has 5 nitrogen and oxygen atoms in total. The Labute approximate surface area is 160 Å². The number of hydrogen-bond acceptors (Lipinski definition) is 3. The van der Waals surface area contributed by atoms with Crippen LogP contribution in [0.15, 0.2) is 54.6 Å². The fourth-order valence-electron chi connectivity index (χ4n) is 3.36. The van der Waals surface area contributed by atoms with Crippen LogP contribution in [0, 0.1) is 0 Å². The quantitative estimate of drug-likeness (QED) is 0.846. The van der Waals surface area contributed by atoms with Crippen molar-refractivity contribution in [3.63, 3.8) is 0 Å². The lowest BCUT2D eigenvalue weighted by atomic mass is 9.95. The van der Waals surface area contributed by atoms with E-state index in [1.54, 1.807) is 31.3 Å². The molecule has 1 aliphatic carbocycles. The summed E-state index contributed by atoms with van der Waals surface area (Å²) in [7, 11) is 1.67. The van der Waals surface area contributed by atoms with E-state index in [2.05, 4.69) is 5.32 Å². The van der Waals surface area contributed by atoms with E-state index in [1.165, 1.54) is 11.3 Å². The fourth-order valence-corrected chi connectivity index (χ4v) is 3.36. The largest absolute Gasteiger partial charge is 0.484 e. The van der Waals surface area contributed by atoms with Gasteiger partial charge in [-0.2, -0.15) is 0 Å². The number of benzene rings is 2. The molecule has 1 saturated carbocycles. The second-order valence-electron chi connectivity index (χ2n) is 6.88. The van der Waals surface area contributed by atoms with E-state index in [4.69, 9.17) is 4.74 Å². The zero-order valence-corrected chi connectivity index (χ0v) is 15.7. The summed E-state index contributed by atoms with van der Waals surface area (Å²) >= 11 is 0. The molecular weight excluding hydrogens is 340 g/mol. The van der Waals surface area contributed by atoms with Crippen LogP contribution >= 0.6 is 0 Å². The summed E-state index contributed by atoms with van der Waals surface area (Å²) in [5.74, 6) is 0.306. The monoisotopic (exact) mass is 366 g/mol. The van der Waals surface area contributed by atoms with Crippen LogP contribution < -0.4 is 15.0 Å². The standard InChI is InChI=1S/C22H26N2O3/c1-24(21(25)16-27-18-12-6-3-7-13-18)20-15-9-8-14-19(20)22(26)23-17-10-4-2-5-11-17/h3,6-9,12-15,17H,2,4-5,10-11,16H2,1H3,(H,23,26). The first kappa shape index (κ1) is 19.0. The topological polar surface area (TPSA) is 58.6 Å². The maximum absolute atomic E-state index is 12.8. The number of carbonyl (C=O) groups excluding carboxylic acids is 2. The van der Waals surface area contributed by atoms with Gasteiger partial charge in [-0.05, 0) is 37.1 Å². The van der Waals surface area contributed by atoms with Gasteiger partial charge in [0.25, 0.3) is 11.8 Å². The molecule has 2 aromatic carbocycles. The summed E-state index contributed by atoms with van der Waals surface area (Å²) in [6.07, 6.45) is 5.59. The van der Waals surface area contributed by atoms with Gasteiger partial charge in [0.05, 0.1) is 11.3 Å². The Morgan fingerprint density at radius 2 is 1.67 bits per heavy atom. The van der Waals surface area contributed by atoms with Gasteiger partial charge < -0.3 is 15.0 Å². The molecule has 5 heteroatoms. The lowest BCUT2D eigenvalue weighted by Gasteiger charge is -2.25. The highest BCUT2D eigenvalue weighted by Gasteiger charge is 2.21. The first-order valence-corrected chi connectivity index (χ1v) is 9.49. The van der Waals surface area contributed by atoms with Crippen molar-refractivity contribution >= 4 is 17.5 Å². The number of para-hydroxylation sites is 2. The third kappa shape index (κ3) is 5.09. The molecule has 0 bridgehead atoms. The lowest BCUT2D eigenvalue weighted by molar-refractivity contribution is -0.120. The molecule has 3 rings (SSSR count). The Hall–Kier alpha value is -2.82. The highest BCUT2D eigenvalue weighted by Crippen LogP contribution is 2.22. The van der Waals surface area contributed by atoms with Crippen LogP contribution in [0.25, 0.3) is 0 Å². The second kappa shape index (κ2) is 9.21. The van der Waals surface area contributed by atoms with E-state index in [9.17, 15) is 9.59 Å². The smallest absolute Gasteiger partial charge is 0.264 e. The van der Waals surface area contributed by atoms with Crippen molar-refractivity contribution in [3.05, 3.63) is 60.2 Å². The van der Waals surface area contributed by atoms with Crippen LogP contribution in [-0.2, 0) is 4.79 Å². The summed E-state index contributed by atoms with van der Waals surface area (Å²) in [5.41, 5.74) is 1.10. The molecule has 1 N–H and O–H groups in total. The molecule has 1 aliphatic rings. The Balaban J connectivity index is 1.66. The van der Waals surface area contributed by atoms with Gasteiger partial charge in [0, 0.05) is 13.1 Å². The molecule has 0 spiro atoms. The molecule has 0 aliphatic heterocycles. The van der Waals surface area contributed by atoms with E-state index in [0.29, 0.717) is 17.0 Å². The van der Waals surface area contributed by atoms with Crippen LogP contribution in [0.3, 0.4) is 0 Å². The third-order valence-electron chi connectivity index (χ3n) is 4.93. The van der Waals surface area contributed by atoms with Gasteiger partial charge in [-0.25, -0.2) is 0 Å². The van der Waals surface area contributed by atoms with Crippen molar-refractivity contribution in [2.75, 3.05) is 18.6 Å². The predicted molar refractivity (Wildman–Crippen MR) is 106 cm³/mol. The number of carbonyl (C=O) groups is 2. The molecule has 2 amide bonds. The molecule has 2 aromatic rings. The van der Waals surface area contributed by atoms with Crippen LogP contribution in [0.4, 0.5) is 5.69 Å². The minimum absolute atomic E-state index is 0.0842. The lowest BCUT2D eigenvalue weighted by Crippen LogP contribution is -2.38. The molecule has 0 radical (unpaired) electrons. The first-order chi connectivity index (χ1) is 13.1. The number of amides is 2. The van der Waals surface area contributed by atoms with Crippen LogP contribution in [0.2, 0.25) is 0 Å². The third-order valence-corrected chi connectivity index (χ3v) is 4.93. The summed E-state index contributed by atoms with van der Waals surface area (Å²) in [5, 5.41) is 3.12. The number of likely N-dealkylation sites (N-methyl/N-ethyl adjacent to an activating group) is 1. The fraction of sp³-hybridized carbons (Fsp3) is 0.364. The van der Waals surface area contributed by atoms with Crippen LogP contribution in [0.5, 0.6) is 5.75 Å². The Morgan fingerprint density at radius 1 is 1.00 bits per heavy atom. The Morgan fingerprint density at radius 3 is 2.41 bits per heavy atom. The van der Waals surface area contributed by atoms with Crippen molar-refractivity contribution in [1.82, 2.24) is 5.32 Å². The summed E-state index contributed by atoms with van der Waals surface area (Å²) in [6, 6.07) is 16.6. The van der Waals surface area contributed by atoms with E-state index >= 15 is 0 Å². The molecule has 142 valence electrons. The molecular formula is C22H26N2O3. The molecule has 0 aromatic heterocycles. The van der Waals surface area contributed by atoms with Gasteiger partial charge in [-0.1, -0.05) is 49.6 Å². The number of rotatable bonds is 6. The van der Waals surface area contributed by atoms with E-state index in [-0.39, 0.29) is 24.5 Å². The molecule has 1 fully saturated rings. The van der Waals surface area contributed by atoms with Crippen molar-refractivity contribution < 1.29 is 14.3 Å². The van der Waals surface area contributed by atoms with Gasteiger partial charge in [-0.15, -0.1) is 0 Å². The van der Waals surface area contributed by atoms with Crippen molar-refractivity contribution in [2.45, 2.75) is 38.1 Å². The minimum Gasteiger partial charge on any atom is -0.484 e. The maximum Gasteiger partial charge on any atom is 0.264 e. The Bertz CT molecular complexity index is 770. The maximum atomic E-state index is 12.8. The second-order valence-corrected chi connectivity index (χ2v) is 6.88. The first-order valence-electron chi connectivity index (χ1n) is 9.49. The van der Waals surface area contributed by atoms with Gasteiger partial charge >= 0.3 is 0 Å². The van der Waals surface area contributed by atoms with Gasteiger partial charge in [-0.3, -0.25) is 9.59 Å². The average molecular weight is 366 g/mol. The zero-order chi connectivity index (χ0) is 19.1. The highest BCUT2D eigenvalue weighted by molar-refractivity contribution is 6.05. The van der Waals surface area contributed by atoms with E-state index in [1.807, 2.05) is 30.3 Å². The molecule has 27 heavy (non-hydrogen) atoms. The van der Waals surface area contributed by atoms with Gasteiger partial charge in [0.1, 0.15) is 5.75 Å². The van der Waals surface area contributed by atoms with Crippen molar-refractivity contribution in [3.8, 4) is 5.75 Å². The molecule has 0 atom stereocenters. The van der Waals surface area contributed by atoms with E-state index < -0.39 is 0 Å². The van der Waals surface area contributed by atoms with Crippen molar-refractivity contribution in [1.29, 1.82) is 0 Å². The molecule has 0 heterocycles. The van der Waals surface area contributed by atoms with Crippen molar-refractivity contribution in [2.24, 2.45) is 0 Å². The normalized spacial score (nSPS) is 14.4. The number of nitrogens with one attached hydrogen (secondary N) is 1. The molecule has 0 saturated heterocycles. The predicted octanol–water partition coefficient (Wildman–Crippen LogP) is 3.79. The van der Waals surface area contributed by atoms with E-state index in [0.717, 1.165) is 25.7 Å². The number of hydrogen-bond donors (Lipinski definition) is 1. The number of ether oxygens (including phenoxy) is 1. The Kier molecular flexibility index (Phi) is 6.47. The molecule has 0 unspecified atom stereocenters. The number of anilines is 1. The van der Waals surface area contributed by atoms with Gasteiger partial charge in [0.2, 0.25) is 0 Å². The number of nitrogens with zero attached hydrogens (tertiary/aromatic N) is 1. The SMILES string of the molecule is CN(C(=O)COc1ccccc1)c1ccccc1C(=O)NC1CCCCC1. The minimum atomic E-state index is -0.211. The summed E-state index contributed by atoms with van der Waals surface area (Å²) < 4.78 is 5.54. The zero-order valence-electron chi connectivity index (χ0n) is 15.7. The van der Waals surface area contributed by atoms with Crippen LogP contribution in [-0.4, -0.2) is 31.5 Å². The van der Waals surface area contributed by atoms with Gasteiger partial charge in [0.15, 0.2) is 6.61 Å². The highest BCUT2D eigenvalue weighted by atomic mass is 16.5. The van der Waals surface area contributed by atoms with Crippen LogP contribution in [0.1, 0.15) is 42.5 Å². The summed E-state index contributed by atoms with van der Waals surface area (Å²) in [6.45, 7) is -0.0842. The summed E-state index contributed by atoms with van der Waals surface area (Å²) in [4.78, 5) is 26.8.